The van der Waals surface area contributed by atoms with Gasteiger partial charge in [0, 0.05) is 30.8 Å². The van der Waals surface area contributed by atoms with Gasteiger partial charge in [-0.15, -0.1) is 0 Å². The topological polar surface area (TPSA) is 56.6 Å². The molecule has 4 nitrogen and oxygen atoms in total. The van der Waals surface area contributed by atoms with E-state index in [0.717, 1.165) is 17.5 Å². The Morgan fingerprint density at radius 2 is 1.38 bits per heavy atom. The van der Waals surface area contributed by atoms with Gasteiger partial charge in [-0.3, -0.25) is 4.90 Å². The lowest BCUT2D eigenvalue weighted by atomic mass is 9.86. The van der Waals surface area contributed by atoms with E-state index in [2.05, 4.69) is 36.1 Å². The van der Waals surface area contributed by atoms with Crippen molar-refractivity contribution in [1.29, 1.82) is 0 Å². The molecule has 0 radical (unpaired) electrons. The highest BCUT2D eigenvalue weighted by atomic mass is 19.1. The summed E-state index contributed by atoms with van der Waals surface area (Å²) >= 11 is 0. The van der Waals surface area contributed by atoms with Crippen molar-refractivity contribution in [3.05, 3.63) is 125 Å². The zero-order chi connectivity index (χ0) is 28.5. The summed E-state index contributed by atoms with van der Waals surface area (Å²) in [6, 6.07) is 27.1. The zero-order valence-electron chi connectivity index (χ0n) is 23.2. The fourth-order valence-electron chi connectivity index (χ4n) is 5.56. The minimum absolute atomic E-state index is 0.0148. The Bertz CT molecular complexity index is 1400. The molecule has 4 aromatic rings. The van der Waals surface area contributed by atoms with Crippen LogP contribution in [-0.4, -0.2) is 26.6 Å². The van der Waals surface area contributed by atoms with Crippen LogP contribution in [0.3, 0.4) is 0 Å². The van der Waals surface area contributed by atoms with Gasteiger partial charge in [-0.2, -0.15) is 0 Å². The summed E-state index contributed by atoms with van der Waals surface area (Å²) in [5.41, 5.74) is 0.00181. The van der Waals surface area contributed by atoms with E-state index >= 15 is 4.39 Å². The lowest BCUT2D eigenvalue weighted by molar-refractivity contribution is -0.0331. The average Bonchev–Trinajstić information content (AvgIpc) is 3.67. The zero-order valence-corrected chi connectivity index (χ0v) is 23.2. The van der Waals surface area contributed by atoms with E-state index in [1.165, 1.54) is 44.2 Å². The number of benzene rings is 3. The lowest BCUT2D eigenvalue weighted by Gasteiger charge is -2.36. The predicted octanol–water partition coefficient (Wildman–Crippen LogP) is 6.80. The second kappa shape index (κ2) is 11.2. The molecule has 1 heterocycles. The number of rotatable bonds is 10. The summed E-state index contributed by atoms with van der Waals surface area (Å²) in [5.74, 6) is -0.953. The van der Waals surface area contributed by atoms with Crippen LogP contribution >= 0.6 is 0 Å². The number of hydrogen-bond acceptors (Lipinski definition) is 4. The van der Waals surface area contributed by atoms with Gasteiger partial charge in [-0.25, -0.2) is 13.8 Å². The normalized spacial score (nSPS) is 18.5. The van der Waals surface area contributed by atoms with Crippen molar-refractivity contribution < 1.29 is 19.0 Å². The molecule has 1 saturated carbocycles. The van der Waals surface area contributed by atoms with Gasteiger partial charge in [0.2, 0.25) is 0 Å². The summed E-state index contributed by atoms with van der Waals surface area (Å²) in [6.07, 6.45) is 0.809. The number of hydrogen-bond donors (Lipinski definition) is 2. The molecule has 1 aliphatic carbocycles. The van der Waals surface area contributed by atoms with Crippen LogP contribution in [0.25, 0.3) is 11.3 Å². The number of nitrogens with zero attached hydrogens (tertiary/aromatic N) is 2. The minimum atomic E-state index is -1.53. The van der Waals surface area contributed by atoms with Gasteiger partial charge >= 0.3 is 0 Å². The Hall–Kier alpha value is -3.45. The van der Waals surface area contributed by atoms with E-state index < -0.39 is 22.8 Å². The number of halogens is 2. The van der Waals surface area contributed by atoms with Crippen molar-refractivity contribution in [3.63, 3.8) is 0 Å². The predicted molar refractivity (Wildman–Crippen MR) is 153 cm³/mol. The molecular weight excluding hydrogens is 506 g/mol. The van der Waals surface area contributed by atoms with E-state index in [-0.39, 0.29) is 29.6 Å². The Kier molecular flexibility index (Phi) is 7.87. The van der Waals surface area contributed by atoms with E-state index in [1.54, 1.807) is 0 Å². The van der Waals surface area contributed by atoms with Crippen molar-refractivity contribution in [2.24, 2.45) is 11.8 Å². The lowest BCUT2D eigenvalue weighted by Crippen LogP contribution is -2.43. The molecule has 5 rings (SSSR count). The fraction of sp³-hybridized carbons (Fsp3) is 0.324. The van der Waals surface area contributed by atoms with Crippen LogP contribution in [0.5, 0.6) is 0 Å². The summed E-state index contributed by atoms with van der Waals surface area (Å²) < 4.78 is 29.5. The number of pyridine rings is 1. The maximum atomic E-state index is 15.8. The molecular formula is C34H36F2N2O2. The smallest absolute Gasteiger partial charge is 0.155 e. The van der Waals surface area contributed by atoms with Crippen molar-refractivity contribution >= 4 is 0 Å². The molecule has 40 heavy (non-hydrogen) atoms. The molecule has 0 amide bonds. The minimum Gasteiger partial charge on any atom is -0.386 e. The third-order valence-corrected chi connectivity index (χ3v) is 7.86. The molecule has 1 aromatic heterocycles. The molecule has 2 N–H and O–H groups in total. The number of aliphatic hydroxyl groups is 2. The summed E-state index contributed by atoms with van der Waals surface area (Å²) in [4.78, 5) is 6.89. The van der Waals surface area contributed by atoms with Gasteiger partial charge in [0.25, 0.3) is 0 Å². The van der Waals surface area contributed by atoms with Crippen molar-refractivity contribution in [2.75, 3.05) is 6.54 Å². The van der Waals surface area contributed by atoms with Crippen LogP contribution in [0.4, 0.5) is 8.78 Å². The van der Waals surface area contributed by atoms with Crippen LogP contribution in [-0.2, 0) is 24.3 Å². The van der Waals surface area contributed by atoms with Crippen LogP contribution in [0.2, 0.25) is 0 Å². The first-order valence-corrected chi connectivity index (χ1v) is 13.8. The molecule has 6 heteroatoms. The molecule has 1 fully saturated rings. The summed E-state index contributed by atoms with van der Waals surface area (Å²) in [7, 11) is 0. The number of aromatic nitrogens is 1. The monoisotopic (exact) mass is 542 g/mol. The van der Waals surface area contributed by atoms with Crippen molar-refractivity contribution in [3.8, 4) is 11.3 Å². The SMILES string of the molecule is CC1CC1C(O)(CN(Cc1ccccc1)Cc1ccccc1)c1cc(C(C)(C)O)c(F)c(-c2ccc(F)cc2)n1. The largest absolute Gasteiger partial charge is 0.386 e. The highest BCUT2D eigenvalue weighted by Gasteiger charge is 2.52. The standard InChI is InChI=1S/C34H36F2N2O2/c1-23-18-28(23)34(40,22-38(20-24-10-6-4-7-11-24)21-25-12-8-5-9-13-25)30-19-29(33(2,3)39)31(36)32(37-30)26-14-16-27(35)17-15-26/h4-17,19,23,28,39-40H,18,20-22H2,1-3H3. The summed E-state index contributed by atoms with van der Waals surface area (Å²) in [5, 5.41) is 23.5. The van der Waals surface area contributed by atoms with Gasteiger partial charge in [-0.05, 0) is 73.6 Å². The Labute approximate surface area is 235 Å². The third-order valence-electron chi connectivity index (χ3n) is 7.86. The molecule has 1 aliphatic rings. The van der Waals surface area contributed by atoms with Crippen LogP contribution < -0.4 is 0 Å². The maximum Gasteiger partial charge on any atom is 0.155 e. The highest BCUT2D eigenvalue weighted by molar-refractivity contribution is 5.62. The quantitative estimate of drug-likeness (QED) is 0.231. The molecule has 0 saturated heterocycles. The first kappa shape index (κ1) is 28.1. The third kappa shape index (κ3) is 6.15. The molecule has 0 aliphatic heterocycles. The van der Waals surface area contributed by atoms with Crippen LogP contribution in [0, 0.1) is 23.5 Å². The van der Waals surface area contributed by atoms with Crippen molar-refractivity contribution in [2.45, 2.75) is 51.5 Å². The first-order chi connectivity index (χ1) is 19.0. The van der Waals surface area contributed by atoms with Crippen LogP contribution in [0.15, 0.2) is 91.0 Å². The summed E-state index contributed by atoms with van der Waals surface area (Å²) in [6.45, 7) is 6.58. The van der Waals surface area contributed by atoms with E-state index in [1.807, 2.05) is 36.4 Å². The Balaban J connectivity index is 1.61. The van der Waals surface area contributed by atoms with E-state index in [0.29, 0.717) is 24.3 Å². The Morgan fingerprint density at radius 3 is 1.85 bits per heavy atom. The van der Waals surface area contributed by atoms with Gasteiger partial charge in [-0.1, -0.05) is 67.6 Å². The molecule has 3 unspecified atom stereocenters. The molecule has 3 aromatic carbocycles. The average molecular weight is 543 g/mol. The van der Waals surface area contributed by atoms with Crippen LogP contribution in [0.1, 0.15) is 49.6 Å². The highest BCUT2D eigenvalue weighted by Crippen LogP contribution is 2.51. The molecule has 3 atom stereocenters. The van der Waals surface area contributed by atoms with Gasteiger partial charge in [0.15, 0.2) is 5.82 Å². The van der Waals surface area contributed by atoms with E-state index in [4.69, 9.17) is 4.98 Å². The maximum absolute atomic E-state index is 15.8. The molecule has 0 bridgehead atoms. The van der Waals surface area contributed by atoms with Crippen molar-refractivity contribution in [1.82, 2.24) is 9.88 Å². The Morgan fingerprint density at radius 1 is 0.850 bits per heavy atom. The molecule has 0 spiro atoms. The molecule has 208 valence electrons. The van der Waals surface area contributed by atoms with E-state index in [9.17, 15) is 14.6 Å². The van der Waals surface area contributed by atoms with Gasteiger partial charge in [0.05, 0.1) is 11.3 Å². The van der Waals surface area contributed by atoms with Gasteiger partial charge < -0.3 is 10.2 Å². The fourth-order valence-corrected chi connectivity index (χ4v) is 5.56. The van der Waals surface area contributed by atoms with Gasteiger partial charge in [0.1, 0.15) is 17.1 Å². The second-order valence-electron chi connectivity index (χ2n) is 11.6. The second-order valence-corrected chi connectivity index (χ2v) is 11.6. The first-order valence-electron chi connectivity index (χ1n) is 13.8.